The number of aryl methyl sites for hydroxylation is 1. The van der Waals surface area contributed by atoms with Crippen LogP contribution in [0.3, 0.4) is 0 Å². The molecule has 0 aromatic heterocycles. The van der Waals surface area contributed by atoms with Crippen LogP contribution in [0.25, 0.3) is 0 Å². The molecule has 0 unspecified atom stereocenters. The predicted molar refractivity (Wildman–Crippen MR) is 82.5 cm³/mol. The van der Waals surface area contributed by atoms with Crippen molar-refractivity contribution in [3.63, 3.8) is 0 Å². The van der Waals surface area contributed by atoms with Crippen LogP contribution in [0, 0.1) is 12.8 Å². The van der Waals surface area contributed by atoms with Gasteiger partial charge in [-0.25, -0.2) is 22.0 Å². The Morgan fingerprint density at radius 2 is 1.80 bits per heavy atom. The molecule has 3 N–H and O–H groups in total. The Balaban J connectivity index is 3.21. The summed E-state index contributed by atoms with van der Waals surface area (Å²) in [7, 11) is -7.32. The van der Waals surface area contributed by atoms with E-state index in [1.807, 2.05) is 0 Å². The van der Waals surface area contributed by atoms with E-state index in [1.54, 1.807) is 20.8 Å². The first kappa shape index (κ1) is 17.4. The fourth-order valence-electron chi connectivity index (χ4n) is 1.70. The first-order chi connectivity index (χ1) is 8.92. The Morgan fingerprint density at radius 1 is 1.25 bits per heavy atom. The first-order valence-corrected chi connectivity index (χ1v) is 9.75. The van der Waals surface area contributed by atoms with Crippen molar-refractivity contribution in [2.75, 3.05) is 10.5 Å². The second kappa shape index (κ2) is 6.00. The Morgan fingerprint density at radius 3 is 2.25 bits per heavy atom. The van der Waals surface area contributed by atoms with Crippen molar-refractivity contribution in [2.24, 2.45) is 11.1 Å². The topological polar surface area (TPSA) is 106 Å². The Labute approximate surface area is 128 Å². The number of anilines is 1. The molecule has 9 heteroatoms. The van der Waals surface area contributed by atoms with Crippen LogP contribution in [0.4, 0.5) is 5.69 Å². The highest BCUT2D eigenvalue weighted by molar-refractivity contribution is 9.10. The van der Waals surface area contributed by atoms with Crippen LogP contribution in [-0.4, -0.2) is 22.6 Å². The summed E-state index contributed by atoms with van der Waals surface area (Å²) in [6.07, 6.45) is 0. The molecule has 0 fully saturated rings. The third-order valence-electron chi connectivity index (χ3n) is 2.39. The number of hydrogen-bond donors (Lipinski definition) is 2. The maximum atomic E-state index is 11.9. The van der Waals surface area contributed by atoms with Crippen molar-refractivity contribution in [1.29, 1.82) is 0 Å². The highest BCUT2D eigenvalue weighted by Crippen LogP contribution is 2.29. The van der Waals surface area contributed by atoms with Crippen LogP contribution in [-0.2, 0) is 20.0 Å². The second-order valence-corrected chi connectivity index (χ2v) is 9.07. The molecule has 0 aliphatic heterocycles. The Hall–Kier alpha value is -0.640. The largest absolute Gasteiger partial charge is 0.282 e. The fourth-order valence-corrected chi connectivity index (χ4v) is 4.68. The van der Waals surface area contributed by atoms with Gasteiger partial charge in [-0.15, -0.1) is 0 Å². The number of nitrogens with one attached hydrogen (secondary N) is 1. The number of sulfonamides is 2. The van der Waals surface area contributed by atoms with E-state index in [2.05, 4.69) is 20.7 Å². The van der Waals surface area contributed by atoms with E-state index >= 15 is 0 Å². The monoisotopic (exact) mass is 384 g/mol. The van der Waals surface area contributed by atoms with E-state index < -0.39 is 20.0 Å². The molecular weight excluding hydrogens is 368 g/mol. The molecule has 0 aliphatic rings. The molecule has 6 nitrogen and oxygen atoms in total. The van der Waals surface area contributed by atoms with Gasteiger partial charge in [-0.1, -0.05) is 13.8 Å². The molecule has 0 atom stereocenters. The van der Waals surface area contributed by atoms with Gasteiger partial charge in [0.1, 0.15) is 0 Å². The second-order valence-electron chi connectivity index (χ2n) is 4.92. The van der Waals surface area contributed by atoms with Gasteiger partial charge in [0.2, 0.25) is 20.0 Å². The van der Waals surface area contributed by atoms with Gasteiger partial charge in [0.15, 0.2) is 0 Å². The third-order valence-corrected chi connectivity index (χ3v) is 5.73. The number of halogens is 1. The van der Waals surface area contributed by atoms with E-state index in [-0.39, 0.29) is 22.3 Å². The SMILES string of the molecule is Cc1cc(NS(=O)(=O)CC(C)C)c(Br)cc1S(N)(=O)=O. The average Bonchev–Trinajstić information content (AvgIpc) is 2.18. The molecule has 0 spiro atoms. The maximum Gasteiger partial charge on any atom is 0.238 e. The zero-order valence-corrected chi connectivity index (χ0v) is 14.6. The van der Waals surface area contributed by atoms with Gasteiger partial charge >= 0.3 is 0 Å². The Bertz CT molecular complexity index is 712. The summed E-state index contributed by atoms with van der Waals surface area (Å²) in [6, 6.07) is 2.72. The average molecular weight is 385 g/mol. The summed E-state index contributed by atoms with van der Waals surface area (Å²) in [4.78, 5) is -0.0452. The van der Waals surface area contributed by atoms with Crippen molar-refractivity contribution in [2.45, 2.75) is 25.7 Å². The molecule has 0 bridgehead atoms. The zero-order valence-electron chi connectivity index (χ0n) is 11.3. The Kier molecular flexibility index (Phi) is 5.23. The third kappa shape index (κ3) is 4.72. The van der Waals surface area contributed by atoms with Gasteiger partial charge < -0.3 is 0 Å². The van der Waals surface area contributed by atoms with Crippen LogP contribution in [0.15, 0.2) is 21.5 Å². The number of benzene rings is 1. The fraction of sp³-hybridized carbons (Fsp3) is 0.455. The van der Waals surface area contributed by atoms with Crippen LogP contribution in [0.2, 0.25) is 0 Å². The summed E-state index contributed by atoms with van der Waals surface area (Å²) >= 11 is 3.15. The van der Waals surface area contributed by atoms with E-state index in [9.17, 15) is 16.8 Å². The highest BCUT2D eigenvalue weighted by Gasteiger charge is 2.18. The predicted octanol–water partition coefficient (Wildman–Crippen LogP) is 1.80. The summed E-state index contributed by atoms with van der Waals surface area (Å²) in [5.41, 5.74) is 0.661. The van der Waals surface area contributed by atoms with E-state index in [4.69, 9.17) is 5.14 Å². The smallest absolute Gasteiger partial charge is 0.238 e. The minimum atomic E-state index is -3.84. The van der Waals surface area contributed by atoms with Crippen molar-refractivity contribution in [3.05, 3.63) is 22.2 Å². The van der Waals surface area contributed by atoms with Gasteiger partial charge in [0.25, 0.3) is 0 Å². The number of rotatable bonds is 5. The zero-order chi connectivity index (χ0) is 15.7. The number of nitrogens with two attached hydrogens (primary N) is 1. The van der Waals surface area contributed by atoms with Crippen molar-refractivity contribution < 1.29 is 16.8 Å². The molecule has 0 radical (unpaired) electrons. The summed E-state index contributed by atoms with van der Waals surface area (Å²) < 4.78 is 49.2. The van der Waals surface area contributed by atoms with Crippen molar-refractivity contribution >= 4 is 41.7 Å². The molecule has 0 heterocycles. The van der Waals surface area contributed by atoms with E-state index in [0.29, 0.717) is 10.0 Å². The lowest BCUT2D eigenvalue weighted by Crippen LogP contribution is -2.21. The number of primary sulfonamides is 1. The van der Waals surface area contributed by atoms with Crippen LogP contribution in [0.5, 0.6) is 0 Å². The van der Waals surface area contributed by atoms with Gasteiger partial charge in [0, 0.05) is 4.47 Å². The molecule has 1 aromatic carbocycles. The minimum Gasteiger partial charge on any atom is -0.282 e. The molecule has 20 heavy (non-hydrogen) atoms. The van der Waals surface area contributed by atoms with Crippen LogP contribution in [0.1, 0.15) is 19.4 Å². The summed E-state index contributed by atoms with van der Waals surface area (Å²) in [6.45, 7) is 5.14. The molecule has 0 aliphatic carbocycles. The molecule has 114 valence electrons. The lowest BCUT2D eigenvalue weighted by Gasteiger charge is -2.13. The summed E-state index contributed by atoms with van der Waals surface area (Å²) in [5, 5.41) is 5.08. The molecule has 1 rings (SSSR count). The lowest BCUT2D eigenvalue weighted by molar-refractivity contribution is 0.587. The maximum absolute atomic E-state index is 11.9. The van der Waals surface area contributed by atoms with E-state index in [0.717, 1.165) is 0 Å². The van der Waals surface area contributed by atoms with Crippen LogP contribution >= 0.6 is 15.9 Å². The molecular formula is C11H17BrN2O4S2. The summed E-state index contributed by atoms with van der Waals surface area (Å²) in [5.74, 6) is -0.0360. The van der Waals surface area contributed by atoms with Crippen molar-refractivity contribution in [3.8, 4) is 0 Å². The normalized spacial score (nSPS) is 12.7. The highest BCUT2D eigenvalue weighted by atomic mass is 79.9. The van der Waals surface area contributed by atoms with Crippen LogP contribution < -0.4 is 9.86 Å². The molecule has 0 amide bonds. The molecule has 1 aromatic rings. The lowest BCUT2D eigenvalue weighted by atomic mass is 10.2. The van der Waals surface area contributed by atoms with Gasteiger partial charge in [-0.2, -0.15) is 0 Å². The van der Waals surface area contributed by atoms with Gasteiger partial charge in [-0.3, -0.25) is 4.72 Å². The van der Waals surface area contributed by atoms with Gasteiger partial charge in [0.05, 0.1) is 16.3 Å². The van der Waals surface area contributed by atoms with Crippen molar-refractivity contribution in [1.82, 2.24) is 0 Å². The van der Waals surface area contributed by atoms with E-state index in [1.165, 1.54) is 12.1 Å². The molecule has 0 saturated carbocycles. The first-order valence-electron chi connectivity index (χ1n) is 5.76. The number of hydrogen-bond acceptors (Lipinski definition) is 4. The quantitative estimate of drug-likeness (QED) is 0.806. The van der Waals surface area contributed by atoms with Gasteiger partial charge in [-0.05, 0) is 46.5 Å². The standard InChI is InChI=1S/C11H17BrN2O4S2/c1-7(2)6-19(15,16)14-10-4-8(3)11(5-9(10)12)20(13,17)18/h4-5,7,14H,6H2,1-3H3,(H2,13,17,18). The molecule has 0 saturated heterocycles. The minimum absolute atomic E-state index is 0.0175.